The van der Waals surface area contributed by atoms with Crippen molar-refractivity contribution in [3.63, 3.8) is 0 Å². The Bertz CT molecular complexity index is 777. The van der Waals surface area contributed by atoms with Crippen LogP contribution in [0.25, 0.3) is 11.0 Å². The molecule has 1 amide bonds. The van der Waals surface area contributed by atoms with Gasteiger partial charge in [-0.2, -0.15) is 0 Å². The van der Waals surface area contributed by atoms with E-state index in [-0.39, 0.29) is 12.3 Å². The lowest BCUT2D eigenvalue weighted by Crippen LogP contribution is -2.37. The Labute approximate surface area is 113 Å². The molecule has 20 heavy (non-hydrogen) atoms. The molecule has 2 aromatic rings. The van der Waals surface area contributed by atoms with Gasteiger partial charge in [0, 0.05) is 17.5 Å². The summed E-state index contributed by atoms with van der Waals surface area (Å²) in [5.74, 6) is 0.0728. The lowest BCUT2D eigenvalue weighted by atomic mass is 9.96. The average molecular weight is 275 g/mol. The van der Waals surface area contributed by atoms with Crippen molar-refractivity contribution in [3.8, 4) is 5.75 Å². The molecule has 0 bridgehead atoms. The molecule has 6 nitrogen and oxygen atoms in total. The zero-order valence-electron chi connectivity index (χ0n) is 10.8. The summed E-state index contributed by atoms with van der Waals surface area (Å²) < 4.78 is 5.26. The van der Waals surface area contributed by atoms with E-state index in [0.717, 1.165) is 10.9 Å². The van der Waals surface area contributed by atoms with E-state index in [1.165, 1.54) is 4.90 Å². The van der Waals surface area contributed by atoms with Crippen LogP contribution in [-0.2, 0) is 13.0 Å². The largest absolute Gasteiger partial charge is 0.508 e. The molecule has 0 saturated carbocycles. The van der Waals surface area contributed by atoms with Gasteiger partial charge in [0.2, 0.25) is 0 Å². The van der Waals surface area contributed by atoms with Crippen molar-refractivity contribution in [2.45, 2.75) is 19.9 Å². The summed E-state index contributed by atoms with van der Waals surface area (Å²) in [7, 11) is 0. The minimum atomic E-state index is -1.04. The Morgan fingerprint density at radius 3 is 2.80 bits per heavy atom. The fourth-order valence-corrected chi connectivity index (χ4v) is 2.62. The van der Waals surface area contributed by atoms with Crippen LogP contribution in [0.3, 0.4) is 0 Å². The molecule has 1 aliphatic heterocycles. The van der Waals surface area contributed by atoms with Gasteiger partial charge >= 0.3 is 11.7 Å². The Morgan fingerprint density at radius 1 is 1.35 bits per heavy atom. The van der Waals surface area contributed by atoms with E-state index < -0.39 is 11.7 Å². The third kappa shape index (κ3) is 1.72. The number of carboxylic acid groups (broad SMARTS) is 1. The summed E-state index contributed by atoms with van der Waals surface area (Å²) in [4.78, 5) is 24.2. The second kappa shape index (κ2) is 4.26. The molecule has 104 valence electrons. The number of benzene rings is 1. The number of carbonyl (C=O) groups is 1. The second-order valence-corrected chi connectivity index (χ2v) is 4.89. The maximum atomic E-state index is 12.0. The zero-order valence-corrected chi connectivity index (χ0v) is 10.8. The molecule has 2 N–H and O–H groups in total. The number of nitrogens with zero attached hydrogens (tertiary/aromatic N) is 1. The van der Waals surface area contributed by atoms with Gasteiger partial charge in [0.1, 0.15) is 11.3 Å². The van der Waals surface area contributed by atoms with Crippen LogP contribution >= 0.6 is 0 Å². The van der Waals surface area contributed by atoms with Crippen LogP contribution < -0.4 is 5.63 Å². The number of phenols is 1. The molecule has 1 aromatic carbocycles. The summed E-state index contributed by atoms with van der Waals surface area (Å²) in [6, 6.07) is 3.26. The minimum Gasteiger partial charge on any atom is -0.508 e. The van der Waals surface area contributed by atoms with Crippen molar-refractivity contribution in [1.29, 1.82) is 0 Å². The van der Waals surface area contributed by atoms with Crippen LogP contribution in [0, 0.1) is 6.92 Å². The minimum absolute atomic E-state index is 0.0445. The summed E-state index contributed by atoms with van der Waals surface area (Å²) >= 11 is 0. The molecule has 0 aliphatic carbocycles. The molecule has 6 heteroatoms. The topological polar surface area (TPSA) is 91.0 Å². The van der Waals surface area contributed by atoms with Gasteiger partial charge in [0.15, 0.2) is 0 Å². The van der Waals surface area contributed by atoms with Crippen LogP contribution in [0.1, 0.15) is 16.7 Å². The van der Waals surface area contributed by atoms with E-state index in [0.29, 0.717) is 29.7 Å². The van der Waals surface area contributed by atoms with Gasteiger partial charge in [-0.05, 0) is 31.0 Å². The van der Waals surface area contributed by atoms with Crippen LogP contribution in [0.5, 0.6) is 5.75 Å². The van der Waals surface area contributed by atoms with E-state index >= 15 is 0 Å². The van der Waals surface area contributed by atoms with E-state index in [1.54, 1.807) is 19.1 Å². The van der Waals surface area contributed by atoms with Gasteiger partial charge in [-0.3, -0.25) is 0 Å². The Balaban J connectivity index is 2.27. The number of amides is 1. The van der Waals surface area contributed by atoms with E-state index in [2.05, 4.69) is 0 Å². The van der Waals surface area contributed by atoms with E-state index in [9.17, 15) is 14.7 Å². The number of aromatic hydroxyl groups is 1. The van der Waals surface area contributed by atoms with Gasteiger partial charge in [-0.1, -0.05) is 0 Å². The van der Waals surface area contributed by atoms with Crippen LogP contribution in [0.2, 0.25) is 0 Å². The molecule has 1 aliphatic rings. The molecular formula is C14H13NO5. The van der Waals surface area contributed by atoms with Crippen molar-refractivity contribution in [3.05, 3.63) is 39.2 Å². The number of hydrogen-bond acceptors (Lipinski definition) is 4. The monoisotopic (exact) mass is 275 g/mol. The highest BCUT2D eigenvalue weighted by Gasteiger charge is 2.25. The SMILES string of the molecule is Cc1c(O)ccc2c3c(c(=O)oc12)CN(C(=O)O)CC3. The number of phenolic OH excluding ortho intramolecular Hbond substituents is 1. The van der Waals surface area contributed by atoms with Gasteiger partial charge in [-0.25, -0.2) is 9.59 Å². The zero-order chi connectivity index (χ0) is 14.4. The summed E-state index contributed by atoms with van der Waals surface area (Å²) in [5.41, 5.74) is 1.56. The molecule has 0 radical (unpaired) electrons. The van der Waals surface area contributed by atoms with Gasteiger partial charge < -0.3 is 19.5 Å². The first kappa shape index (κ1) is 12.5. The highest BCUT2D eigenvalue weighted by molar-refractivity contribution is 5.86. The van der Waals surface area contributed by atoms with E-state index in [4.69, 9.17) is 9.52 Å². The first-order chi connectivity index (χ1) is 9.49. The fourth-order valence-electron chi connectivity index (χ4n) is 2.62. The Morgan fingerprint density at radius 2 is 2.10 bits per heavy atom. The predicted octanol–water partition coefficient (Wildman–Crippen LogP) is 1.84. The van der Waals surface area contributed by atoms with Crippen molar-refractivity contribution in [1.82, 2.24) is 4.90 Å². The van der Waals surface area contributed by atoms with Crippen LogP contribution in [0.4, 0.5) is 4.79 Å². The number of hydrogen-bond donors (Lipinski definition) is 2. The quantitative estimate of drug-likeness (QED) is 0.716. The Hall–Kier alpha value is -2.50. The van der Waals surface area contributed by atoms with Crippen molar-refractivity contribution in [2.24, 2.45) is 0 Å². The van der Waals surface area contributed by atoms with Crippen molar-refractivity contribution >= 4 is 17.1 Å². The average Bonchev–Trinajstić information content (AvgIpc) is 2.43. The molecule has 0 atom stereocenters. The summed E-state index contributed by atoms with van der Waals surface area (Å²) in [6.07, 6.45) is -0.578. The first-order valence-corrected chi connectivity index (χ1v) is 6.24. The molecule has 0 spiro atoms. The first-order valence-electron chi connectivity index (χ1n) is 6.24. The van der Waals surface area contributed by atoms with Gasteiger partial charge in [0.05, 0.1) is 12.1 Å². The molecule has 3 rings (SSSR count). The molecule has 0 unspecified atom stereocenters. The molecule has 0 fully saturated rings. The number of aryl methyl sites for hydroxylation is 1. The third-order valence-corrected chi connectivity index (χ3v) is 3.76. The van der Waals surface area contributed by atoms with E-state index in [1.807, 2.05) is 0 Å². The molecule has 2 heterocycles. The van der Waals surface area contributed by atoms with Crippen LogP contribution in [0.15, 0.2) is 21.3 Å². The molecule has 0 saturated heterocycles. The highest BCUT2D eigenvalue weighted by Crippen LogP contribution is 2.30. The third-order valence-electron chi connectivity index (χ3n) is 3.76. The maximum absolute atomic E-state index is 12.0. The van der Waals surface area contributed by atoms with Crippen molar-refractivity contribution in [2.75, 3.05) is 6.54 Å². The predicted molar refractivity (Wildman–Crippen MR) is 71.0 cm³/mol. The smallest absolute Gasteiger partial charge is 0.407 e. The summed E-state index contributed by atoms with van der Waals surface area (Å²) in [5, 5.41) is 19.5. The fraction of sp³-hybridized carbons (Fsp3) is 0.286. The second-order valence-electron chi connectivity index (χ2n) is 4.89. The Kier molecular flexibility index (Phi) is 2.67. The summed E-state index contributed by atoms with van der Waals surface area (Å²) in [6.45, 7) is 2.07. The van der Waals surface area contributed by atoms with Crippen molar-refractivity contribution < 1.29 is 19.4 Å². The number of fused-ring (bicyclic) bond motifs is 3. The highest BCUT2D eigenvalue weighted by atomic mass is 16.4. The van der Waals surface area contributed by atoms with Gasteiger partial charge in [-0.15, -0.1) is 0 Å². The normalized spacial score (nSPS) is 14.3. The lowest BCUT2D eigenvalue weighted by molar-refractivity contribution is 0.139. The lowest BCUT2D eigenvalue weighted by Gasteiger charge is -2.26. The van der Waals surface area contributed by atoms with Crippen LogP contribution in [-0.4, -0.2) is 27.8 Å². The molecular weight excluding hydrogens is 262 g/mol. The van der Waals surface area contributed by atoms with Gasteiger partial charge in [0.25, 0.3) is 0 Å². The standard InChI is InChI=1S/C14H13NO5/c1-7-11(16)3-2-9-8-4-5-15(14(18)19)6-10(8)13(17)20-12(7)9/h2-3,16H,4-6H2,1H3,(H,18,19). The number of rotatable bonds is 0. The maximum Gasteiger partial charge on any atom is 0.407 e. The molecule has 1 aromatic heterocycles.